The fourth-order valence-corrected chi connectivity index (χ4v) is 5.46. The van der Waals surface area contributed by atoms with Gasteiger partial charge in [-0.05, 0) is 36.8 Å². The van der Waals surface area contributed by atoms with E-state index >= 15 is 0 Å². The first-order chi connectivity index (χ1) is 10.9. The summed E-state index contributed by atoms with van der Waals surface area (Å²) >= 11 is 0. The van der Waals surface area contributed by atoms with E-state index in [1.165, 1.54) is 35.0 Å². The van der Waals surface area contributed by atoms with Crippen LogP contribution in [0.3, 0.4) is 0 Å². The van der Waals surface area contributed by atoms with Gasteiger partial charge in [-0.2, -0.15) is 0 Å². The number of hydrogen-bond acceptors (Lipinski definition) is 0. The van der Waals surface area contributed by atoms with Gasteiger partial charge in [-0.15, -0.1) is 0 Å². The van der Waals surface area contributed by atoms with Gasteiger partial charge in [-0.25, -0.2) is 6.57 Å². The van der Waals surface area contributed by atoms with E-state index in [1.54, 1.807) is 0 Å². The van der Waals surface area contributed by atoms with E-state index in [-0.39, 0.29) is 16.9 Å². The number of aromatic amines is 1. The van der Waals surface area contributed by atoms with Gasteiger partial charge >= 0.3 is 0 Å². The molecule has 0 radical (unpaired) electrons. The van der Waals surface area contributed by atoms with E-state index in [9.17, 15) is 0 Å². The van der Waals surface area contributed by atoms with Gasteiger partial charge < -0.3 is 9.83 Å². The standard InChI is InChI=1S/C21H26N2/c1-6-21(4)12-11-14-17(19(21)22-5)16-13-9-7-8-10-15(13)23-18(16)20(14,2)3/h7-10,14,17,19,23H,6,11-12H2,1-4H3/t14-,17-,19+,21+/m0/s1. The maximum atomic E-state index is 7.95. The highest BCUT2D eigenvalue weighted by Gasteiger charge is 2.60. The number of aromatic nitrogens is 1. The van der Waals surface area contributed by atoms with Crippen LogP contribution in [0.2, 0.25) is 0 Å². The minimum atomic E-state index is 0.103. The quantitative estimate of drug-likeness (QED) is 0.656. The number of H-pyrrole nitrogens is 1. The molecule has 1 aromatic carbocycles. The lowest BCUT2D eigenvalue weighted by atomic mass is 9.58. The molecule has 1 fully saturated rings. The SMILES string of the molecule is [C-]#[N+][C@@H]1[C@@H]2c3c([nH]c4ccccc34)C(C)(C)[C@H]2CC[C@@]1(C)CC. The Hall–Kier alpha value is -1.75. The topological polar surface area (TPSA) is 20.1 Å². The van der Waals surface area contributed by atoms with E-state index in [2.05, 4.69) is 61.8 Å². The highest BCUT2D eigenvalue weighted by atomic mass is 14.9. The molecule has 0 unspecified atom stereocenters. The van der Waals surface area contributed by atoms with Crippen LogP contribution in [0.25, 0.3) is 15.7 Å². The van der Waals surface area contributed by atoms with Gasteiger partial charge in [0.25, 0.3) is 0 Å². The summed E-state index contributed by atoms with van der Waals surface area (Å²) in [5, 5.41) is 1.34. The number of rotatable bonds is 1. The Bertz CT molecular complexity index is 807. The van der Waals surface area contributed by atoms with Gasteiger partial charge in [-0.3, -0.25) is 0 Å². The number of nitrogens with zero attached hydrogens (tertiary/aromatic N) is 1. The molecule has 1 aromatic heterocycles. The minimum Gasteiger partial charge on any atom is -0.358 e. The summed E-state index contributed by atoms with van der Waals surface area (Å²) < 4.78 is 0. The van der Waals surface area contributed by atoms with Gasteiger partial charge in [-0.1, -0.05) is 45.9 Å². The van der Waals surface area contributed by atoms with Gasteiger partial charge in [0.1, 0.15) is 0 Å². The van der Waals surface area contributed by atoms with Crippen LogP contribution in [-0.4, -0.2) is 11.0 Å². The predicted molar refractivity (Wildman–Crippen MR) is 95.6 cm³/mol. The molecule has 0 spiro atoms. The van der Waals surface area contributed by atoms with E-state index in [4.69, 9.17) is 6.57 Å². The van der Waals surface area contributed by atoms with Gasteiger partial charge in [0.05, 0.1) is 5.92 Å². The normalized spacial score (nSPS) is 34.8. The summed E-state index contributed by atoms with van der Waals surface area (Å²) in [5.41, 5.74) is 4.37. The first-order valence-corrected chi connectivity index (χ1v) is 8.91. The number of fused-ring (bicyclic) bond motifs is 5. The Balaban J connectivity index is 1.98. The summed E-state index contributed by atoms with van der Waals surface area (Å²) in [6.45, 7) is 17.3. The van der Waals surface area contributed by atoms with Crippen LogP contribution in [-0.2, 0) is 5.41 Å². The van der Waals surface area contributed by atoms with Crippen molar-refractivity contribution in [1.82, 2.24) is 4.98 Å². The van der Waals surface area contributed by atoms with Gasteiger partial charge in [0.15, 0.2) is 0 Å². The molecular formula is C21H26N2. The van der Waals surface area contributed by atoms with Crippen LogP contribution in [0, 0.1) is 17.9 Å². The largest absolute Gasteiger partial charge is 0.358 e. The Morgan fingerprint density at radius 2 is 2.00 bits per heavy atom. The molecular weight excluding hydrogens is 280 g/mol. The Morgan fingerprint density at radius 1 is 1.26 bits per heavy atom. The monoisotopic (exact) mass is 306 g/mol. The Labute approximate surface area is 139 Å². The van der Waals surface area contributed by atoms with E-state index in [1.807, 2.05) is 0 Å². The van der Waals surface area contributed by atoms with Crippen molar-refractivity contribution in [3.63, 3.8) is 0 Å². The van der Waals surface area contributed by atoms with Crippen molar-refractivity contribution in [1.29, 1.82) is 0 Å². The maximum Gasteiger partial charge on any atom is 0.236 e. The molecule has 23 heavy (non-hydrogen) atoms. The zero-order valence-electron chi connectivity index (χ0n) is 14.6. The molecule has 0 bridgehead atoms. The third-order valence-electron chi connectivity index (χ3n) is 7.11. The lowest BCUT2D eigenvalue weighted by Crippen LogP contribution is -2.44. The minimum absolute atomic E-state index is 0.103. The van der Waals surface area contributed by atoms with Crippen molar-refractivity contribution >= 4 is 10.9 Å². The third kappa shape index (κ3) is 1.74. The molecule has 2 aliphatic rings. The zero-order valence-corrected chi connectivity index (χ0v) is 14.6. The summed E-state index contributed by atoms with van der Waals surface area (Å²) in [6, 6.07) is 8.74. The molecule has 4 atom stereocenters. The molecule has 1 N–H and O–H groups in total. The van der Waals surface area contributed by atoms with E-state index in [0.717, 1.165) is 6.42 Å². The summed E-state index contributed by atoms with van der Waals surface area (Å²) in [7, 11) is 0. The van der Waals surface area contributed by atoms with Crippen molar-refractivity contribution in [2.75, 3.05) is 0 Å². The highest BCUT2D eigenvalue weighted by molar-refractivity contribution is 5.87. The average molecular weight is 306 g/mol. The smallest absolute Gasteiger partial charge is 0.236 e. The highest BCUT2D eigenvalue weighted by Crippen LogP contribution is 2.62. The molecule has 0 saturated heterocycles. The van der Waals surface area contributed by atoms with Crippen molar-refractivity contribution < 1.29 is 0 Å². The van der Waals surface area contributed by atoms with Gasteiger partial charge in [0.2, 0.25) is 6.04 Å². The van der Waals surface area contributed by atoms with Crippen LogP contribution in [0.15, 0.2) is 24.3 Å². The number of benzene rings is 1. The number of hydrogen-bond donors (Lipinski definition) is 1. The first-order valence-electron chi connectivity index (χ1n) is 8.91. The molecule has 4 rings (SSSR count). The summed E-state index contributed by atoms with van der Waals surface area (Å²) in [6.07, 6.45) is 3.52. The molecule has 0 amide bonds. The van der Waals surface area contributed by atoms with Crippen LogP contribution in [0.4, 0.5) is 0 Å². The van der Waals surface area contributed by atoms with E-state index in [0.29, 0.717) is 11.8 Å². The lowest BCUT2D eigenvalue weighted by Gasteiger charge is -2.43. The Kier molecular flexibility index (Phi) is 2.98. The fraction of sp³-hybridized carbons (Fsp3) is 0.571. The summed E-state index contributed by atoms with van der Waals surface area (Å²) in [5.74, 6) is 0.972. The molecule has 2 aliphatic carbocycles. The van der Waals surface area contributed by atoms with Crippen LogP contribution < -0.4 is 0 Å². The van der Waals surface area contributed by atoms with Crippen molar-refractivity contribution in [2.24, 2.45) is 11.3 Å². The first kappa shape index (κ1) is 14.8. The van der Waals surface area contributed by atoms with Crippen molar-refractivity contribution in [2.45, 2.75) is 64.3 Å². The second kappa shape index (κ2) is 4.63. The predicted octanol–water partition coefficient (Wildman–Crippen LogP) is 5.66. The van der Waals surface area contributed by atoms with Gasteiger partial charge in [0, 0.05) is 27.4 Å². The maximum absolute atomic E-state index is 7.95. The molecule has 1 heterocycles. The molecule has 120 valence electrons. The second-order valence-electron chi connectivity index (χ2n) is 8.43. The molecule has 2 nitrogen and oxygen atoms in total. The van der Waals surface area contributed by atoms with Crippen molar-refractivity contribution in [3.8, 4) is 0 Å². The molecule has 1 saturated carbocycles. The second-order valence-corrected chi connectivity index (χ2v) is 8.43. The third-order valence-corrected chi connectivity index (χ3v) is 7.11. The van der Waals surface area contributed by atoms with E-state index < -0.39 is 0 Å². The Morgan fingerprint density at radius 3 is 2.70 bits per heavy atom. The summed E-state index contributed by atoms with van der Waals surface area (Å²) in [4.78, 5) is 7.91. The molecule has 2 heteroatoms. The lowest BCUT2D eigenvalue weighted by molar-refractivity contribution is 0.103. The van der Waals surface area contributed by atoms with Crippen LogP contribution in [0.5, 0.6) is 0 Å². The fourth-order valence-electron chi connectivity index (χ4n) is 5.46. The zero-order chi connectivity index (χ0) is 16.4. The molecule has 0 aliphatic heterocycles. The van der Waals surface area contributed by atoms with Crippen LogP contribution in [0.1, 0.15) is 64.1 Å². The van der Waals surface area contributed by atoms with Crippen LogP contribution >= 0.6 is 0 Å². The molecule has 2 aromatic rings. The van der Waals surface area contributed by atoms with Crippen molar-refractivity contribution in [3.05, 3.63) is 46.9 Å². The number of para-hydroxylation sites is 1. The number of nitrogens with one attached hydrogen (secondary N) is 1. The average Bonchev–Trinajstić information content (AvgIpc) is 3.02.